The number of carboxylic acids is 1. The first kappa shape index (κ1) is 25.8. The number of aliphatic hydroxyl groups is 1. The number of hydrogen-bond donors (Lipinski definition) is 6. The van der Waals surface area contributed by atoms with Crippen molar-refractivity contribution in [3.63, 3.8) is 0 Å². The lowest BCUT2D eigenvalue weighted by Crippen LogP contribution is -2.57. The molecule has 0 heterocycles. The molecule has 0 aliphatic carbocycles. The van der Waals surface area contributed by atoms with E-state index in [2.05, 4.69) is 16.0 Å². The Balaban J connectivity index is 4.86. The van der Waals surface area contributed by atoms with Gasteiger partial charge in [-0.3, -0.25) is 14.4 Å². The predicted molar refractivity (Wildman–Crippen MR) is 103 cm³/mol. The summed E-state index contributed by atoms with van der Waals surface area (Å²) in [5, 5.41) is 25.7. The summed E-state index contributed by atoms with van der Waals surface area (Å²) in [6, 6.07) is -4.24. The SMILES string of the molecule is CCC(C)C(N)C(=O)NC(C)C(=O)NC(CO)C(=O)NC(CC(C)C)C(=O)O. The van der Waals surface area contributed by atoms with Crippen LogP contribution in [0, 0.1) is 11.8 Å². The van der Waals surface area contributed by atoms with Crippen molar-refractivity contribution in [2.75, 3.05) is 6.61 Å². The first-order valence-corrected chi connectivity index (χ1v) is 9.44. The number of nitrogens with two attached hydrogens (primary N) is 1. The van der Waals surface area contributed by atoms with Gasteiger partial charge in [-0.2, -0.15) is 0 Å². The van der Waals surface area contributed by atoms with E-state index in [-0.39, 0.29) is 18.3 Å². The van der Waals surface area contributed by atoms with Crippen LogP contribution in [-0.4, -0.2) is 64.7 Å². The molecule has 0 saturated heterocycles. The van der Waals surface area contributed by atoms with Gasteiger partial charge in [-0.15, -0.1) is 0 Å². The molecule has 28 heavy (non-hydrogen) atoms. The molecular formula is C18H34N4O6. The van der Waals surface area contributed by atoms with Crippen LogP contribution in [0.25, 0.3) is 0 Å². The topological polar surface area (TPSA) is 171 Å². The highest BCUT2D eigenvalue weighted by Gasteiger charge is 2.29. The third-order valence-electron chi connectivity index (χ3n) is 4.45. The van der Waals surface area contributed by atoms with Gasteiger partial charge in [0.05, 0.1) is 12.6 Å². The van der Waals surface area contributed by atoms with E-state index in [9.17, 15) is 29.4 Å². The van der Waals surface area contributed by atoms with E-state index in [1.54, 1.807) is 0 Å². The Hall–Kier alpha value is -2.20. The van der Waals surface area contributed by atoms with Crippen LogP contribution in [0.5, 0.6) is 0 Å². The van der Waals surface area contributed by atoms with Crippen molar-refractivity contribution < 1.29 is 29.4 Å². The molecule has 5 unspecified atom stereocenters. The average Bonchev–Trinajstić information content (AvgIpc) is 2.62. The van der Waals surface area contributed by atoms with Gasteiger partial charge < -0.3 is 31.9 Å². The van der Waals surface area contributed by atoms with Crippen molar-refractivity contribution >= 4 is 23.7 Å². The second kappa shape index (κ2) is 12.3. The normalized spacial score (nSPS) is 16.4. The number of amides is 3. The van der Waals surface area contributed by atoms with Crippen molar-refractivity contribution in [1.82, 2.24) is 16.0 Å². The monoisotopic (exact) mass is 402 g/mol. The Morgan fingerprint density at radius 3 is 1.86 bits per heavy atom. The first-order valence-electron chi connectivity index (χ1n) is 9.44. The van der Waals surface area contributed by atoms with Crippen molar-refractivity contribution in [1.29, 1.82) is 0 Å². The first-order chi connectivity index (χ1) is 12.9. The molecule has 0 radical (unpaired) electrons. The summed E-state index contributed by atoms with van der Waals surface area (Å²) in [6.07, 6.45) is 0.899. The Morgan fingerprint density at radius 2 is 1.43 bits per heavy atom. The number of carbonyl (C=O) groups is 4. The number of aliphatic carboxylic acids is 1. The molecule has 0 rings (SSSR count). The zero-order valence-corrected chi connectivity index (χ0v) is 17.2. The third kappa shape index (κ3) is 8.66. The van der Waals surface area contributed by atoms with E-state index in [1.807, 2.05) is 27.7 Å². The molecule has 0 fully saturated rings. The zero-order chi connectivity index (χ0) is 22.0. The van der Waals surface area contributed by atoms with Crippen molar-refractivity contribution in [2.24, 2.45) is 17.6 Å². The minimum atomic E-state index is -1.34. The van der Waals surface area contributed by atoms with Crippen molar-refractivity contribution in [2.45, 2.75) is 71.6 Å². The average molecular weight is 402 g/mol. The second-order valence-corrected chi connectivity index (χ2v) is 7.41. The van der Waals surface area contributed by atoms with Crippen LogP contribution >= 0.6 is 0 Å². The summed E-state index contributed by atoms with van der Waals surface area (Å²) in [7, 11) is 0. The summed E-state index contributed by atoms with van der Waals surface area (Å²) in [6.45, 7) is 8.02. The van der Waals surface area contributed by atoms with Crippen LogP contribution in [0.3, 0.4) is 0 Å². The second-order valence-electron chi connectivity index (χ2n) is 7.41. The van der Waals surface area contributed by atoms with Crippen LogP contribution in [0.2, 0.25) is 0 Å². The highest BCUT2D eigenvalue weighted by Crippen LogP contribution is 2.06. The Labute approximate surface area is 165 Å². The van der Waals surface area contributed by atoms with Crippen LogP contribution < -0.4 is 21.7 Å². The molecule has 10 nitrogen and oxygen atoms in total. The molecule has 0 aliphatic heterocycles. The number of hydrogen-bond acceptors (Lipinski definition) is 6. The van der Waals surface area contributed by atoms with Gasteiger partial charge in [0, 0.05) is 0 Å². The van der Waals surface area contributed by atoms with Crippen LogP contribution in [0.4, 0.5) is 0 Å². The minimum Gasteiger partial charge on any atom is -0.480 e. The molecule has 0 spiro atoms. The maximum atomic E-state index is 12.2. The molecule has 0 aromatic carbocycles. The minimum absolute atomic E-state index is 0.0218. The number of carboxylic acid groups (broad SMARTS) is 1. The van der Waals surface area contributed by atoms with Gasteiger partial charge in [0.15, 0.2) is 0 Å². The summed E-state index contributed by atoms with van der Waals surface area (Å²) in [5.41, 5.74) is 5.81. The van der Waals surface area contributed by atoms with E-state index in [0.29, 0.717) is 6.42 Å². The standard InChI is InChI=1S/C18H34N4O6/c1-6-10(4)14(19)17(26)20-11(5)15(24)22-13(8-23)16(25)21-12(18(27)28)7-9(2)3/h9-14,23H,6-8,19H2,1-5H3,(H,20,26)(H,21,25)(H,22,24)(H,27,28). The maximum Gasteiger partial charge on any atom is 0.326 e. The highest BCUT2D eigenvalue weighted by molar-refractivity contribution is 5.93. The van der Waals surface area contributed by atoms with E-state index in [4.69, 9.17) is 5.73 Å². The van der Waals surface area contributed by atoms with E-state index < -0.39 is 54.5 Å². The third-order valence-corrected chi connectivity index (χ3v) is 4.45. The van der Waals surface area contributed by atoms with Crippen molar-refractivity contribution in [3.8, 4) is 0 Å². The molecule has 5 atom stereocenters. The smallest absolute Gasteiger partial charge is 0.326 e. The quantitative estimate of drug-likeness (QED) is 0.242. The van der Waals surface area contributed by atoms with Crippen LogP contribution in [-0.2, 0) is 19.2 Å². The fourth-order valence-electron chi connectivity index (χ4n) is 2.34. The van der Waals surface area contributed by atoms with E-state index in [0.717, 1.165) is 0 Å². The fourth-order valence-corrected chi connectivity index (χ4v) is 2.34. The lowest BCUT2D eigenvalue weighted by Gasteiger charge is -2.24. The maximum absolute atomic E-state index is 12.2. The number of nitrogens with one attached hydrogen (secondary N) is 3. The largest absolute Gasteiger partial charge is 0.480 e. The number of aliphatic hydroxyl groups excluding tert-OH is 1. The van der Waals surface area contributed by atoms with Gasteiger partial charge in [-0.25, -0.2) is 4.79 Å². The summed E-state index contributed by atoms with van der Waals surface area (Å²) in [5.74, 6) is -3.27. The Kier molecular flexibility index (Phi) is 11.3. The molecule has 7 N–H and O–H groups in total. The van der Waals surface area contributed by atoms with Crippen LogP contribution in [0.15, 0.2) is 0 Å². The molecule has 0 bridgehead atoms. The molecular weight excluding hydrogens is 368 g/mol. The van der Waals surface area contributed by atoms with E-state index >= 15 is 0 Å². The molecule has 0 saturated carbocycles. The van der Waals surface area contributed by atoms with Gasteiger partial charge in [-0.05, 0) is 25.2 Å². The molecule has 10 heteroatoms. The molecule has 162 valence electrons. The highest BCUT2D eigenvalue weighted by atomic mass is 16.4. The fraction of sp³-hybridized carbons (Fsp3) is 0.778. The lowest BCUT2D eigenvalue weighted by atomic mass is 9.99. The number of carbonyl (C=O) groups excluding carboxylic acids is 3. The summed E-state index contributed by atoms with van der Waals surface area (Å²) in [4.78, 5) is 47.8. The predicted octanol–water partition coefficient (Wildman–Crippen LogP) is -1.04. The Bertz CT molecular complexity index is 554. The van der Waals surface area contributed by atoms with Crippen LogP contribution in [0.1, 0.15) is 47.5 Å². The van der Waals surface area contributed by atoms with Crippen molar-refractivity contribution in [3.05, 3.63) is 0 Å². The lowest BCUT2D eigenvalue weighted by molar-refractivity contribution is -0.143. The molecule has 0 aromatic rings. The molecule has 3 amide bonds. The van der Waals surface area contributed by atoms with Gasteiger partial charge in [0.1, 0.15) is 18.1 Å². The summed E-state index contributed by atoms with van der Waals surface area (Å²) >= 11 is 0. The number of rotatable bonds is 12. The van der Waals surface area contributed by atoms with E-state index in [1.165, 1.54) is 6.92 Å². The molecule has 0 aliphatic rings. The van der Waals surface area contributed by atoms with Gasteiger partial charge in [0.25, 0.3) is 0 Å². The summed E-state index contributed by atoms with van der Waals surface area (Å²) < 4.78 is 0. The molecule has 0 aromatic heterocycles. The zero-order valence-electron chi connectivity index (χ0n) is 17.2. The van der Waals surface area contributed by atoms with Gasteiger partial charge >= 0.3 is 5.97 Å². The van der Waals surface area contributed by atoms with Gasteiger partial charge in [0.2, 0.25) is 17.7 Å². The van der Waals surface area contributed by atoms with Gasteiger partial charge in [-0.1, -0.05) is 34.1 Å². The Morgan fingerprint density at radius 1 is 0.893 bits per heavy atom.